The van der Waals surface area contributed by atoms with E-state index >= 15 is 0 Å². The summed E-state index contributed by atoms with van der Waals surface area (Å²) in [6, 6.07) is 14.5. The van der Waals surface area contributed by atoms with E-state index in [0.717, 1.165) is 16.7 Å². The zero-order valence-electron chi connectivity index (χ0n) is 19.7. The number of anilines is 1. The molecule has 0 amide bonds. The maximum atomic E-state index is 12.8. The summed E-state index contributed by atoms with van der Waals surface area (Å²) < 4.78 is 13.4. The maximum Gasteiger partial charge on any atom is 0.255 e. The fourth-order valence-corrected chi connectivity index (χ4v) is 4.80. The smallest absolute Gasteiger partial charge is 0.255 e. The summed E-state index contributed by atoms with van der Waals surface area (Å²) in [4.78, 5) is 27.8. The first-order valence-electron chi connectivity index (χ1n) is 11.3. The summed E-state index contributed by atoms with van der Waals surface area (Å²) >= 11 is 12.6. The standard InChI is InChI=1S/C26H23Cl2N5O3/c1-32-25(34)13-22(21-7-8-29-15-30-21)31-26(32)33-9-10-36-24(14-33)19-11-16(3-6-23(19)35-2)18-5-4-17(27)12-20(18)28/h3-8,11-13,15,24H,9-10,14H2,1-2H3. The van der Waals surface area contributed by atoms with Gasteiger partial charge in [-0.15, -0.1) is 0 Å². The summed E-state index contributed by atoms with van der Waals surface area (Å²) in [5.41, 5.74) is 3.57. The quantitative estimate of drug-likeness (QED) is 0.371. The van der Waals surface area contributed by atoms with Gasteiger partial charge in [-0.05, 0) is 35.9 Å². The van der Waals surface area contributed by atoms with Gasteiger partial charge in [0.2, 0.25) is 5.95 Å². The van der Waals surface area contributed by atoms with Crippen molar-refractivity contribution in [3.63, 3.8) is 0 Å². The van der Waals surface area contributed by atoms with E-state index in [1.165, 1.54) is 17.0 Å². The Bertz CT molecular complexity index is 1460. The van der Waals surface area contributed by atoms with Crippen molar-refractivity contribution in [3.8, 4) is 28.3 Å². The third-order valence-electron chi connectivity index (χ3n) is 6.12. The van der Waals surface area contributed by atoms with E-state index in [2.05, 4.69) is 9.97 Å². The van der Waals surface area contributed by atoms with Gasteiger partial charge < -0.3 is 14.4 Å². The Morgan fingerprint density at radius 2 is 1.94 bits per heavy atom. The third kappa shape index (κ3) is 4.80. The van der Waals surface area contributed by atoms with Crippen molar-refractivity contribution in [1.29, 1.82) is 0 Å². The minimum atomic E-state index is -0.320. The third-order valence-corrected chi connectivity index (χ3v) is 6.67. The number of nitrogens with zero attached hydrogens (tertiary/aromatic N) is 5. The summed E-state index contributed by atoms with van der Waals surface area (Å²) in [7, 11) is 3.34. The molecule has 36 heavy (non-hydrogen) atoms. The fourth-order valence-electron chi connectivity index (χ4n) is 4.28. The second-order valence-corrected chi connectivity index (χ2v) is 9.16. The molecule has 1 unspecified atom stereocenters. The molecule has 2 aromatic carbocycles. The molecule has 3 heterocycles. The first-order valence-corrected chi connectivity index (χ1v) is 12.0. The van der Waals surface area contributed by atoms with Gasteiger partial charge in [0.25, 0.3) is 5.56 Å². The van der Waals surface area contributed by atoms with Crippen LogP contribution in [-0.2, 0) is 11.8 Å². The van der Waals surface area contributed by atoms with Crippen molar-refractivity contribution < 1.29 is 9.47 Å². The topological polar surface area (TPSA) is 82.4 Å². The van der Waals surface area contributed by atoms with Crippen LogP contribution in [0.2, 0.25) is 10.0 Å². The summed E-state index contributed by atoms with van der Waals surface area (Å²) in [6.07, 6.45) is 2.74. The molecular weight excluding hydrogens is 501 g/mol. The highest BCUT2D eigenvalue weighted by Gasteiger charge is 2.28. The molecule has 0 spiro atoms. The van der Waals surface area contributed by atoms with E-state index in [4.69, 9.17) is 37.7 Å². The van der Waals surface area contributed by atoms with Gasteiger partial charge in [-0.2, -0.15) is 0 Å². The van der Waals surface area contributed by atoms with Crippen LogP contribution in [0.3, 0.4) is 0 Å². The van der Waals surface area contributed by atoms with Gasteiger partial charge in [0.15, 0.2) is 0 Å². The first-order chi connectivity index (χ1) is 17.4. The number of hydrogen-bond acceptors (Lipinski definition) is 7. The Hall–Kier alpha value is -3.46. The molecule has 0 saturated carbocycles. The molecule has 10 heteroatoms. The molecule has 1 aliphatic heterocycles. The van der Waals surface area contributed by atoms with Crippen LogP contribution < -0.4 is 15.2 Å². The average Bonchev–Trinajstić information content (AvgIpc) is 2.90. The number of hydrogen-bond donors (Lipinski definition) is 0. The molecule has 5 rings (SSSR count). The van der Waals surface area contributed by atoms with E-state index in [0.29, 0.717) is 52.8 Å². The lowest BCUT2D eigenvalue weighted by Gasteiger charge is -2.35. The molecule has 4 aromatic rings. The van der Waals surface area contributed by atoms with E-state index in [-0.39, 0.29) is 11.7 Å². The van der Waals surface area contributed by atoms with Gasteiger partial charge >= 0.3 is 0 Å². The summed E-state index contributed by atoms with van der Waals surface area (Å²) in [6.45, 7) is 1.50. The van der Waals surface area contributed by atoms with Gasteiger partial charge in [0.05, 0.1) is 31.6 Å². The predicted octanol–water partition coefficient (Wildman–Crippen LogP) is 4.80. The molecule has 184 valence electrons. The lowest BCUT2D eigenvalue weighted by Crippen LogP contribution is -2.41. The van der Waals surface area contributed by atoms with Crippen molar-refractivity contribution in [1.82, 2.24) is 19.5 Å². The van der Waals surface area contributed by atoms with Gasteiger partial charge in [-0.1, -0.05) is 35.3 Å². The maximum absolute atomic E-state index is 12.8. The first kappa shape index (κ1) is 24.2. The van der Waals surface area contributed by atoms with Gasteiger partial charge in [-0.3, -0.25) is 9.36 Å². The number of methoxy groups -OCH3 is 1. The Balaban J connectivity index is 1.50. The van der Waals surface area contributed by atoms with E-state index in [9.17, 15) is 4.79 Å². The molecule has 0 aliphatic carbocycles. The SMILES string of the molecule is COc1ccc(-c2ccc(Cl)cc2Cl)cc1C1CN(c2nc(-c3ccncn3)cc(=O)n2C)CCO1. The highest BCUT2D eigenvalue weighted by atomic mass is 35.5. The number of benzene rings is 2. The van der Waals surface area contributed by atoms with Crippen molar-refractivity contribution >= 4 is 29.2 Å². The second-order valence-electron chi connectivity index (χ2n) is 8.32. The second kappa shape index (κ2) is 10.3. The van der Waals surface area contributed by atoms with E-state index < -0.39 is 0 Å². The molecule has 1 saturated heterocycles. The van der Waals surface area contributed by atoms with Crippen molar-refractivity contribution in [2.75, 3.05) is 31.7 Å². The van der Waals surface area contributed by atoms with Crippen LogP contribution in [0.5, 0.6) is 5.75 Å². The molecule has 1 atom stereocenters. The molecular formula is C26H23Cl2N5O3. The highest BCUT2D eigenvalue weighted by Crippen LogP contribution is 2.37. The van der Waals surface area contributed by atoms with Gasteiger partial charge in [0.1, 0.15) is 18.2 Å². The Kier molecular flexibility index (Phi) is 6.91. The van der Waals surface area contributed by atoms with Crippen LogP contribution in [0, 0.1) is 0 Å². The van der Waals surface area contributed by atoms with Gasteiger partial charge in [-0.25, -0.2) is 15.0 Å². The fraction of sp³-hybridized carbons (Fsp3) is 0.231. The number of ether oxygens (including phenoxy) is 2. The molecule has 0 bridgehead atoms. The summed E-state index contributed by atoms with van der Waals surface area (Å²) in [5, 5.41) is 1.14. The summed E-state index contributed by atoms with van der Waals surface area (Å²) in [5.74, 6) is 1.24. The van der Waals surface area contributed by atoms with E-state index in [1.807, 2.05) is 35.2 Å². The van der Waals surface area contributed by atoms with Crippen LogP contribution in [0.4, 0.5) is 5.95 Å². The Morgan fingerprint density at radius 1 is 1.08 bits per heavy atom. The number of aromatic nitrogens is 4. The van der Waals surface area contributed by atoms with Crippen LogP contribution >= 0.6 is 23.2 Å². The van der Waals surface area contributed by atoms with Crippen LogP contribution in [-0.4, -0.2) is 46.3 Å². The Labute approximate surface area is 218 Å². The molecule has 8 nitrogen and oxygen atoms in total. The minimum Gasteiger partial charge on any atom is -0.496 e. The number of halogens is 2. The molecule has 1 fully saturated rings. The van der Waals surface area contributed by atoms with Crippen LogP contribution in [0.25, 0.3) is 22.5 Å². The van der Waals surface area contributed by atoms with E-state index in [1.54, 1.807) is 32.5 Å². The zero-order valence-corrected chi connectivity index (χ0v) is 21.2. The lowest BCUT2D eigenvalue weighted by atomic mass is 9.98. The van der Waals surface area contributed by atoms with Crippen molar-refractivity contribution in [2.45, 2.75) is 6.10 Å². The molecule has 0 radical (unpaired) electrons. The number of rotatable bonds is 5. The van der Waals surface area contributed by atoms with Crippen LogP contribution in [0.15, 0.2) is 65.8 Å². The molecule has 2 aromatic heterocycles. The van der Waals surface area contributed by atoms with Gasteiger partial charge in [0, 0.05) is 47.0 Å². The average molecular weight is 524 g/mol. The highest BCUT2D eigenvalue weighted by molar-refractivity contribution is 6.36. The van der Waals surface area contributed by atoms with Crippen LogP contribution in [0.1, 0.15) is 11.7 Å². The minimum absolute atomic E-state index is 0.173. The lowest BCUT2D eigenvalue weighted by molar-refractivity contribution is 0.0375. The van der Waals surface area contributed by atoms with Crippen molar-refractivity contribution in [2.24, 2.45) is 7.05 Å². The largest absolute Gasteiger partial charge is 0.496 e. The normalized spacial score (nSPS) is 15.7. The Morgan fingerprint density at radius 3 is 2.69 bits per heavy atom. The zero-order chi connectivity index (χ0) is 25.2. The van der Waals surface area contributed by atoms with Crippen molar-refractivity contribution in [3.05, 3.63) is 87.0 Å². The monoisotopic (exact) mass is 523 g/mol. The molecule has 1 aliphatic rings. The predicted molar refractivity (Wildman–Crippen MR) is 140 cm³/mol. The number of morpholine rings is 1. The molecule has 0 N–H and O–H groups in total.